The van der Waals surface area contributed by atoms with E-state index in [4.69, 9.17) is 0 Å². The summed E-state index contributed by atoms with van der Waals surface area (Å²) in [5, 5.41) is 3.14. The Balaban J connectivity index is 2.04. The highest BCUT2D eigenvalue weighted by Gasteiger charge is 2.58. The molecule has 1 heterocycles. The molecule has 1 saturated heterocycles. The SMILES string of the molecule is Fc1cc(C(F)(F)F)cc(C23CNC[C@H]2C3)c1. The van der Waals surface area contributed by atoms with Crippen LogP contribution >= 0.6 is 0 Å². The first kappa shape index (κ1) is 11.0. The van der Waals surface area contributed by atoms with Crippen LogP contribution in [0.25, 0.3) is 0 Å². The Bertz CT molecular complexity index is 468. The first-order chi connectivity index (χ1) is 7.92. The lowest BCUT2D eigenvalue weighted by atomic mass is 9.93. The lowest BCUT2D eigenvalue weighted by Crippen LogP contribution is -2.20. The second-order valence-electron chi connectivity index (χ2n) is 4.91. The molecule has 1 aliphatic heterocycles. The molecule has 0 amide bonds. The van der Waals surface area contributed by atoms with Gasteiger partial charge in [-0.2, -0.15) is 13.2 Å². The molecule has 2 atom stereocenters. The van der Waals surface area contributed by atoms with Gasteiger partial charge >= 0.3 is 6.18 Å². The number of nitrogens with one attached hydrogen (secondary N) is 1. The minimum atomic E-state index is -4.48. The summed E-state index contributed by atoms with van der Waals surface area (Å²) in [5.74, 6) is -0.438. The molecular weight excluding hydrogens is 234 g/mol. The summed E-state index contributed by atoms with van der Waals surface area (Å²) < 4.78 is 51.1. The average Bonchev–Trinajstić information content (AvgIpc) is 2.80. The minimum Gasteiger partial charge on any atom is -0.316 e. The summed E-state index contributed by atoms with van der Waals surface area (Å²) in [6.07, 6.45) is -3.62. The Labute approximate surface area is 95.8 Å². The molecule has 1 aromatic carbocycles. The van der Waals surface area contributed by atoms with Crippen molar-refractivity contribution in [1.29, 1.82) is 0 Å². The van der Waals surface area contributed by atoms with E-state index in [2.05, 4.69) is 5.32 Å². The molecule has 17 heavy (non-hydrogen) atoms. The Morgan fingerprint density at radius 3 is 2.53 bits per heavy atom. The van der Waals surface area contributed by atoms with E-state index in [1.807, 2.05) is 0 Å². The van der Waals surface area contributed by atoms with Gasteiger partial charge in [0.1, 0.15) is 5.82 Å². The van der Waals surface area contributed by atoms with Crippen LogP contribution in [0.3, 0.4) is 0 Å². The number of piperidine rings is 1. The Kier molecular flexibility index (Phi) is 2.09. The number of alkyl halides is 3. The van der Waals surface area contributed by atoms with Gasteiger partial charge in [-0.1, -0.05) is 0 Å². The van der Waals surface area contributed by atoms with Gasteiger partial charge in [0.05, 0.1) is 5.56 Å². The Morgan fingerprint density at radius 1 is 1.24 bits per heavy atom. The van der Waals surface area contributed by atoms with Gasteiger partial charge in [0.25, 0.3) is 0 Å². The van der Waals surface area contributed by atoms with Crippen molar-refractivity contribution < 1.29 is 17.6 Å². The summed E-state index contributed by atoms with van der Waals surface area (Å²) in [7, 11) is 0. The lowest BCUT2D eigenvalue weighted by Gasteiger charge is -2.15. The number of hydrogen-bond donors (Lipinski definition) is 1. The molecule has 0 radical (unpaired) electrons. The van der Waals surface area contributed by atoms with Crippen LogP contribution in [0.2, 0.25) is 0 Å². The van der Waals surface area contributed by atoms with Gasteiger partial charge in [-0.15, -0.1) is 0 Å². The van der Waals surface area contributed by atoms with E-state index in [1.54, 1.807) is 0 Å². The van der Waals surface area contributed by atoms with Crippen molar-refractivity contribution in [3.8, 4) is 0 Å². The highest BCUT2D eigenvalue weighted by atomic mass is 19.4. The lowest BCUT2D eigenvalue weighted by molar-refractivity contribution is -0.137. The normalized spacial score (nSPS) is 31.4. The molecule has 1 N–H and O–H groups in total. The third-order valence-corrected chi connectivity index (χ3v) is 3.86. The van der Waals surface area contributed by atoms with Crippen molar-refractivity contribution in [1.82, 2.24) is 5.32 Å². The van der Waals surface area contributed by atoms with E-state index in [0.717, 1.165) is 19.0 Å². The summed E-state index contributed by atoms with van der Waals surface area (Å²) >= 11 is 0. The van der Waals surface area contributed by atoms with Gasteiger partial charge in [0.2, 0.25) is 0 Å². The second-order valence-corrected chi connectivity index (χ2v) is 4.91. The third-order valence-electron chi connectivity index (χ3n) is 3.86. The number of benzene rings is 1. The fourth-order valence-electron chi connectivity index (χ4n) is 2.83. The maximum absolute atomic E-state index is 13.3. The van der Waals surface area contributed by atoms with E-state index < -0.39 is 17.6 Å². The van der Waals surface area contributed by atoms with Gasteiger partial charge in [-0.25, -0.2) is 4.39 Å². The van der Waals surface area contributed by atoms with Gasteiger partial charge < -0.3 is 5.32 Å². The van der Waals surface area contributed by atoms with Crippen molar-refractivity contribution >= 4 is 0 Å². The molecule has 3 rings (SSSR count). The van der Waals surface area contributed by atoms with Crippen LogP contribution in [0.4, 0.5) is 17.6 Å². The molecule has 1 aliphatic carbocycles. The van der Waals surface area contributed by atoms with Gasteiger partial charge in [-0.05, 0) is 42.6 Å². The molecule has 0 spiro atoms. The fourth-order valence-corrected chi connectivity index (χ4v) is 2.83. The minimum absolute atomic E-state index is 0.248. The molecule has 1 unspecified atom stereocenters. The molecule has 1 aromatic rings. The number of hydrogen-bond acceptors (Lipinski definition) is 1. The smallest absolute Gasteiger partial charge is 0.316 e. The highest BCUT2D eigenvalue weighted by Crippen LogP contribution is 2.56. The summed E-state index contributed by atoms with van der Waals surface area (Å²) in [6.45, 7) is 1.47. The third kappa shape index (κ3) is 1.64. The first-order valence-corrected chi connectivity index (χ1v) is 5.51. The van der Waals surface area contributed by atoms with E-state index >= 15 is 0 Å². The van der Waals surface area contributed by atoms with Gasteiger partial charge in [0.15, 0.2) is 0 Å². The predicted octanol–water partition coefficient (Wildman–Crippen LogP) is 2.71. The molecule has 2 fully saturated rings. The highest BCUT2D eigenvalue weighted by molar-refractivity contribution is 5.40. The Morgan fingerprint density at radius 2 is 2.00 bits per heavy atom. The maximum atomic E-state index is 13.3. The van der Waals surface area contributed by atoms with Gasteiger partial charge in [-0.3, -0.25) is 0 Å². The molecule has 2 aliphatic rings. The van der Waals surface area contributed by atoms with E-state index in [-0.39, 0.29) is 5.41 Å². The molecular formula is C12H11F4N. The van der Waals surface area contributed by atoms with Crippen molar-refractivity contribution in [3.63, 3.8) is 0 Å². The van der Waals surface area contributed by atoms with Crippen molar-refractivity contribution in [2.75, 3.05) is 13.1 Å². The van der Waals surface area contributed by atoms with Crippen molar-refractivity contribution in [3.05, 3.63) is 35.1 Å². The molecule has 0 aromatic heterocycles. The van der Waals surface area contributed by atoms with Crippen LogP contribution < -0.4 is 5.32 Å². The molecule has 1 nitrogen and oxygen atoms in total. The number of fused-ring (bicyclic) bond motifs is 1. The van der Waals surface area contributed by atoms with Crippen molar-refractivity contribution in [2.45, 2.75) is 18.0 Å². The number of halogens is 4. The van der Waals surface area contributed by atoms with Crippen LogP contribution in [-0.4, -0.2) is 13.1 Å². The monoisotopic (exact) mass is 245 g/mol. The predicted molar refractivity (Wildman–Crippen MR) is 54.1 cm³/mol. The standard InChI is InChI=1S/C12H11F4N/c13-10-2-7(1-8(3-10)12(14,15)16)11-4-9(11)5-17-6-11/h1-3,9,17H,4-6H2/t9-,11?/m1/s1. The zero-order valence-corrected chi connectivity index (χ0v) is 8.94. The molecule has 1 saturated carbocycles. The average molecular weight is 245 g/mol. The van der Waals surface area contributed by atoms with Crippen LogP contribution in [-0.2, 0) is 11.6 Å². The van der Waals surface area contributed by atoms with Crippen LogP contribution in [0.15, 0.2) is 18.2 Å². The largest absolute Gasteiger partial charge is 0.416 e. The fraction of sp³-hybridized carbons (Fsp3) is 0.500. The summed E-state index contributed by atoms with van der Waals surface area (Å²) in [4.78, 5) is 0. The maximum Gasteiger partial charge on any atom is 0.416 e. The van der Waals surface area contributed by atoms with Crippen LogP contribution in [0.1, 0.15) is 17.5 Å². The van der Waals surface area contributed by atoms with E-state index in [1.165, 1.54) is 6.07 Å². The number of rotatable bonds is 1. The topological polar surface area (TPSA) is 12.0 Å². The second kappa shape index (κ2) is 3.22. The Hall–Kier alpha value is -1.10. The zero-order valence-electron chi connectivity index (χ0n) is 8.94. The van der Waals surface area contributed by atoms with Gasteiger partial charge in [0, 0.05) is 12.0 Å². The molecule has 92 valence electrons. The van der Waals surface area contributed by atoms with Crippen LogP contribution in [0.5, 0.6) is 0 Å². The first-order valence-electron chi connectivity index (χ1n) is 5.51. The summed E-state index contributed by atoms with van der Waals surface area (Å²) in [5.41, 5.74) is -0.651. The van der Waals surface area contributed by atoms with E-state index in [0.29, 0.717) is 24.1 Å². The quantitative estimate of drug-likeness (QED) is 0.750. The van der Waals surface area contributed by atoms with Crippen LogP contribution in [0, 0.1) is 11.7 Å². The van der Waals surface area contributed by atoms with Crippen molar-refractivity contribution in [2.24, 2.45) is 5.92 Å². The molecule has 5 heteroatoms. The van der Waals surface area contributed by atoms with E-state index in [9.17, 15) is 17.6 Å². The summed E-state index contributed by atoms with van der Waals surface area (Å²) in [6, 6.07) is 2.89. The zero-order chi connectivity index (χ0) is 12.3. The molecule has 0 bridgehead atoms.